The molecule has 0 N–H and O–H groups in total. The lowest BCUT2D eigenvalue weighted by molar-refractivity contribution is -0.142. The number of carbonyl (C=O) groups is 1. The van der Waals surface area contributed by atoms with Crippen LogP contribution in [0.4, 0.5) is 0 Å². The van der Waals surface area contributed by atoms with Crippen molar-refractivity contribution < 1.29 is 13.6 Å². The molecule has 37 heavy (non-hydrogen) atoms. The number of hydrogen-bond donors (Lipinski definition) is 0. The van der Waals surface area contributed by atoms with Crippen molar-refractivity contribution in [2.45, 2.75) is 144 Å². The number of allylic oxidation sites excluding steroid dienone is 2. The third-order valence-corrected chi connectivity index (χ3v) is 21.0. The molecule has 212 valence electrons. The van der Waals surface area contributed by atoms with Gasteiger partial charge in [0, 0.05) is 28.6 Å². The lowest BCUT2D eigenvalue weighted by Gasteiger charge is -2.60. The Morgan fingerprint density at radius 3 is 1.97 bits per heavy atom. The van der Waals surface area contributed by atoms with E-state index in [9.17, 15) is 4.79 Å². The lowest BCUT2D eigenvalue weighted by atomic mass is 9.46. The molecule has 3 rings (SSSR count). The van der Waals surface area contributed by atoms with Gasteiger partial charge in [-0.3, -0.25) is 4.79 Å². The second-order valence-electron chi connectivity index (χ2n) is 16.3. The highest BCUT2D eigenvalue weighted by atomic mass is 28.4. The molecule has 2 bridgehead atoms. The van der Waals surface area contributed by atoms with Crippen LogP contribution in [0.5, 0.6) is 0 Å². The Morgan fingerprint density at radius 2 is 1.49 bits per heavy atom. The van der Waals surface area contributed by atoms with Crippen molar-refractivity contribution in [3.05, 3.63) is 24.0 Å². The van der Waals surface area contributed by atoms with Crippen LogP contribution < -0.4 is 0 Å². The first-order valence-corrected chi connectivity index (χ1v) is 20.6. The molecule has 3 aliphatic carbocycles. The molecule has 3 aliphatic rings. The molecule has 3 unspecified atom stereocenters. The first-order valence-electron chi connectivity index (χ1n) is 14.8. The Kier molecular flexibility index (Phi) is 7.67. The Bertz CT molecular complexity index is 965. The Hall–Kier alpha value is -0.656. The van der Waals surface area contributed by atoms with Gasteiger partial charge in [-0.15, -0.1) is 6.58 Å². The zero-order chi connectivity index (χ0) is 28.6. The van der Waals surface area contributed by atoms with Gasteiger partial charge in [-0.05, 0) is 80.4 Å². The van der Waals surface area contributed by atoms with Crippen LogP contribution >= 0.6 is 0 Å². The molecule has 3 nitrogen and oxygen atoms in total. The fourth-order valence-electron chi connectivity index (χ4n) is 6.99. The maximum Gasteiger partial charge on any atom is 0.250 e. The third-order valence-electron chi connectivity index (χ3n) is 12.1. The summed E-state index contributed by atoms with van der Waals surface area (Å²) in [6.07, 6.45) is 6.74. The van der Waals surface area contributed by atoms with E-state index in [1.807, 2.05) is 6.08 Å². The average molecular weight is 547 g/mol. The maximum absolute atomic E-state index is 14.4. The Balaban J connectivity index is 2.34. The minimum Gasteiger partial charge on any atom is -0.547 e. The summed E-state index contributed by atoms with van der Waals surface area (Å²) < 4.78 is 14.7. The highest BCUT2D eigenvalue weighted by Gasteiger charge is 2.65. The summed E-state index contributed by atoms with van der Waals surface area (Å²) >= 11 is 0. The monoisotopic (exact) mass is 546 g/mol. The van der Waals surface area contributed by atoms with Crippen LogP contribution in [0.3, 0.4) is 0 Å². The van der Waals surface area contributed by atoms with Gasteiger partial charge < -0.3 is 8.85 Å². The smallest absolute Gasteiger partial charge is 0.250 e. The molecule has 0 radical (unpaired) electrons. The van der Waals surface area contributed by atoms with Crippen LogP contribution in [-0.2, 0) is 13.6 Å². The van der Waals surface area contributed by atoms with Crippen molar-refractivity contribution in [3.8, 4) is 0 Å². The van der Waals surface area contributed by atoms with Crippen molar-refractivity contribution in [1.29, 1.82) is 0 Å². The average Bonchev–Trinajstić information content (AvgIpc) is 3.12. The van der Waals surface area contributed by atoms with E-state index in [0.717, 1.165) is 25.7 Å². The van der Waals surface area contributed by atoms with E-state index in [1.165, 1.54) is 11.3 Å². The summed E-state index contributed by atoms with van der Waals surface area (Å²) in [5.74, 6) is 1.96. The van der Waals surface area contributed by atoms with Gasteiger partial charge in [-0.1, -0.05) is 68.4 Å². The van der Waals surface area contributed by atoms with Gasteiger partial charge in [0.2, 0.25) is 8.32 Å². The first kappa shape index (κ1) is 30.9. The van der Waals surface area contributed by atoms with Crippen molar-refractivity contribution >= 4 is 22.4 Å². The normalized spacial score (nSPS) is 37.7. The molecule has 2 saturated carbocycles. The second kappa shape index (κ2) is 9.19. The molecule has 6 atom stereocenters. The van der Waals surface area contributed by atoms with E-state index in [2.05, 4.69) is 102 Å². The van der Waals surface area contributed by atoms with Crippen LogP contribution in [0.1, 0.15) is 101 Å². The first-order chi connectivity index (χ1) is 16.5. The topological polar surface area (TPSA) is 35.5 Å². The fourth-order valence-corrected chi connectivity index (χ4v) is 9.51. The number of Topliss-reactive ketones (excluding diaryl/α,β-unsaturated/α-hetero) is 1. The summed E-state index contributed by atoms with van der Waals surface area (Å²) in [6.45, 7) is 36.8. The van der Waals surface area contributed by atoms with Crippen LogP contribution in [0, 0.1) is 28.1 Å². The minimum absolute atomic E-state index is 0.0476. The predicted octanol–water partition coefficient (Wildman–Crippen LogP) is 9.67. The third kappa shape index (κ3) is 4.71. The van der Waals surface area contributed by atoms with E-state index in [1.54, 1.807) is 0 Å². The van der Waals surface area contributed by atoms with E-state index in [4.69, 9.17) is 8.85 Å². The summed E-state index contributed by atoms with van der Waals surface area (Å²) in [5, 5.41) is 0.215. The van der Waals surface area contributed by atoms with Gasteiger partial charge in [-0.2, -0.15) is 0 Å². The fraction of sp³-hybridized carbons (Fsp3) is 0.844. The highest BCUT2D eigenvalue weighted by Crippen LogP contribution is 2.68. The maximum atomic E-state index is 14.4. The molecule has 0 aromatic carbocycles. The Labute approximate surface area is 231 Å². The van der Waals surface area contributed by atoms with Gasteiger partial charge in [-0.25, -0.2) is 0 Å². The summed E-state index contributed by atoms with van der Waals surface area (Å²) in [6, 6.07) is 0. The summed E-state index contributed by atoms with van der Waals surface area (Å²) in [5.41, 5.74) is 0.544. The van der Waals surface area contributed by atoms with Gasteiger partial charge >= 0.3 is 0 Å². The van der Waals surface area contributed by atoms with Crippen molar-refractivity contribution in [2.24, 2.45) is 28.1 Å². The second-order valence-corrected chi connectivity index (χ2v) is 25.8. The standard InChI is InChI=1S/C32H58O3Si2/c1-16-30(10)21-25(35-37(14,15)29(7,8)9)31(11)22(2)17-19-32(23(3)27(30)33)20-18-24(26(31)32)34-36(12,13)28(4,5)6/h16,22-23,25H,1,17-21H2,2-15H3/t22?,23-,25+,30+,31?,32?/m0/s1. The molecular weight excluding hydrogens is 489 g/mol. The van der Waals surface area contributed by atoms with Crippen molar-refractivity contribution in [2.75, 3.05) is 0 Å². The summed E-state index contributed by atoms with van der Waals surface area (Å²) in [7, 11) is -4.17. The zero-order valence-electron chi connectivity index (χ0n) is 26.8. The SMILES string of the molecule is C=C[C@]1(C)C[C@@H](O[Si](C)(C)C(C)(C)C)C2(C)C3=C(O[Si](C)(C)C(C)(C)C)CCC3(CCC2C)[C@@H](C)C1=O. The zero-order valence-corrected chi connectivity index (χ0v) is 28.8. The van der Waals surface area contributed by atoms with Gasteiger partial charge in [0.05, 0.1) is 11.9 Å². The molecule has 0 spiro atoms. The van der Waals surface area contributed by atoms with Gasteiger partial charge in [0.1, 0.15) is 5.78 Å². The number of rotatable bonds is 5. The molecule has 0 heterocycles. The van der Waals surface area contributed by atoms with Crippen LogP contribution in [0.2, 0.25) is 36.3 Å². The van der Waals surface area contributed by atoms with E-state index >= 15 is 0 Å². The van der Waals surface area contributed by atoms with Crippen molar-refractivity contribution in [3.63, 3.8) is 0 Å². The minimum atomic E-state index is -2.12. The quantitative estimate of drug-likeness (QED) is 0.254. The molecule has 0 amide bonds. The van der Waals surface area contributed by atoms with Gasteiger partial charge in [0.15, 0.2) is 8.32 Å². The summed E-state index contributed by atoms with van der Waals surface area (Å²) in [4.78, 5) is 14.4. The molecule has 0 aromatic heterocycles. The molecular formula is C32H58O3Si2. The van der Waals surface area contributed by atoms with Crippen LogP contribution in [0.25, 0.3) is 0 Å². The highest BCUT2D eigenvalue weighted by molar-refractivity contribution is 6.74. The number of ketones is 1. The van der Waals surface area contributed by atoms with Gasteiger partial charge in [0.25, 0.3) is 0 Å². The number of carbonyl (C=O) groups excluding carboxylic acids is 1. The molecule has 5 heteroatoms. The molecule has 0 aromatic rings. The van der Waals surface area contributed by atoms with E-state index in [0.29, 0.717) is 18.1 Å². The van der Waals surface area contributed by atoms with Crippen LogP contribution in [0.15, 0.2) is 24.0 Å². The number of hydrogen-bond acceptors (Lipinski definition) is 3. The van der Waals surface area contributed by atoms with E-state index < -0.39 is 22.0 Å². The molecule has 2 fully saturated rings. The molecule has 0 saturated heterocycles. The van der Waals surface area contributed by atoms with Crippen molar-refractivity contribution in [1.82, 2.24) is 0 Å². The predicted molar refractivity (Wildman–Crippen MR) is 163 cm³/mol. The molecule has 0 aliphatic heterocycles. The largest absolute Gasteiger partial charge is 0.547 e. The van der Waals surface area contributed by atoms with E-state index in [-0.39, 0.29) is 32.9 Å². The lowest BCUT2D eigenvalue weighted by Crippen LogP contribution is -2.60. The van der Waals surface area contributed by atoms with Crippen LogP contribution in [-0.4, -0.2) is 28.5 Å². The Morgan fingerprint density at radius 1 is 0.946 bits per heavy atom.